The lowest BCUT2D eigenvalue weighted by Crippen LogP contribution is -2.39. The number of primary amides is 1. The normalized spacial score (nSPS) is 13.5. The predicted molar refractivity (Wildman–Crippen MR) is 91.8 cm³/mol. The van der Waals surface area contributed by atoms with Crippen molar-refractivity contribution >= 4 is 15.9 Å². The van der Waals surface area contributed by atoms with Gasteiger partial charge >= 0.3 is 6.03 Å². The van der Waals surface area contributed by atoms with Crippen molar-refractivity contribution in [2.75, 3.05) is 12.8 Å². The van der Waals surface area contributed by atoms with E-state index in [-0.39, 0.29) is 12.1 Å². The fourth-order valence-electron chi connectivity index (χ4n) is 2.37. The second-order valence-corrected chi connectivity index (χ2v) is 7.52. The average molecular weight is 352 g/mol. The van der Waals surface area contributed by atoms with Crippen molar-refractivity contribution in [3.8, 4) is 0 Å². The van der Waals surface area contributed by atoms with E-state index in [1.165, 1.54) is 23.3 Å². The van der Waals surface area contributed by atoms with Crippen LogP contribution in [0.4, 0.5) is 9.18 Å². The Bertz CT molecular complexity index is 829. The van der Waals surface area contributed by atoms with E-state index in [9.17, 15) is 17.6 Å². The fourth-order valence-corrected chi connectivity index (χ4v) is 3.04. The first-order valence-corrected chi connectivity index (χ1v) is 9.23. The minimum absolute atomic E-state index is 0. The van der Waals surface area contributed by atoms with Crippen LogP contribution in [-0.4, -0.2) is 32.1 Å². The highest BCUT2D eigenvalue weighted by Gasteiger charge is 2.20. The van der Waals surface area contributed by atoms with Gasteiger partial charge in [0, 0.05) is 20.8 Å². The first kappa shape index (κ1) is 17.9. The van der Waals surface area contributed by atoms with E-state index < -0.39 is 15.9 Å². The van der Waals surface area contributed by atoms with Gasteiger partial charge < -0.3 is 10.6 Å². The van der Waals surface area contributed by atoms with E-state index in [0.29, 0.717) is 19.5 Å². The van der Waals surface area contributed by atoms with Crippen LogP contribution in [0.5, 0.6) is 0 Å². The quantitative estimate of drug-likeness (QED) is 0.856. The summed E-state index contributed by atoms with van der Waals surface area (Å²) in [4.78, 5) is 12.9. The van der Waals surface area contributed by atoms with E-state index >= 15 is 0 Å². The molecule has 0 saturated heterocycles. The minimum Gasteiger partial charge on any atom is -0.351 e. The van der Waals surface area contributed by atoms with E-state index in [4.69, 9.17) is 5.73 Å². The standard InChI is InChI=1S/C11H14N2O3S.C6H5F.H2/c1-17(15,16)10-3-2-8-4-5-13(11(12)14)7-9(8)6-10;7-6-4-2-1-3-5-6;/h2-3,6H,4-5,7H2,1H3,(H2,12,14);1-5H;1H. The van der Waals surface area contributed by atoms with Gasteiger partial charge in [0.2, 0.25) is 0 Å². The van der Waals surface area contributed by atoms with E-state index in [1.807, 2.05) is 6.07 Å². The Morgan fingerprint density at radius 2 is 1.83 bits per heavy atom. The van der Waals surface area contributed by atoms with Gasteiger partial charge in [-0.05, 0) is 41.8 Å². The molecule has 2 amide bonds. The third-order valence-electron chi connectivity index (χ3n) is 3.66. The number of carbonyl (C=O) groups is 1. The highest BCUT2D eigenvalue weighted by atomic mass is 32.2. The van der Waals surface area contributed by atoms with Crippen molar-refractivity contribution in [2.24, 2.45) is 5.73 Å². The monoisotopic (exact) mass is 352 g/mol. The van der Waals surface area contributed by atoms with Gasteiger partial charge in [-0.15, -0.1) is 0 Å². The number of amides is 2. The molecule has 1 heterocycles. The smallest absolute Gasteiger partial charge is 0.315 e. The number of rotatable bonds is 1. The van der Waals surface area contributed by atoms with Crippen LogP contribution in [0, 0.1) is 5.82 Å². The summed E-state index contributed by atoms with van der Waals surface area (Å²) in [5, 5.41) is 0. The summed E-state index contributed by atoms with van der Waals surface area (Å²) >= 11 is 0. The zero-order valence-corrected chi connectivity index (χ0v) is 14.1. The molecule has 2 aromatic carbocycles. The van der Waals surface area contributed by atoms with Crippen LogP contribution in [0.25, 0.3) is 0 Å². The molecular weight excluding hydrogens is 331 g/mol. The zero-order valence-electron chi connectivity index (χ0n) is 13.3. The van der Waals surface area contributed by atoms with Crippen molar-refractivity contribution in [1.82, 2.24) is 4.90 Å². The van der Waals surface area contributed by atoms with Gasteiger partial charge in [0.15, 0.2) is 9.84 Å². The average Bonchev–Trinajstić information content (AvgIpc) is 2.54. The minimum atomic E-state index is -3.21. The summed E-state index contributed by atoms with van der Waals surface area (Å²) in [5.74, 6) is -0.178. The summed E-state index contributed by atoms with van der Waals surface area (Å²) in [6.07, 6.45) is 1.88. The number of hydrogen-bond acceptors (Lipinski definition) is 3. The number of sulfone groups is 1. The molecule has 0 saturated carbocycles. The molecule has 5 nitrogen and oxygen atoms in total. The number of halogens is 1. The maximum Gasteiger partial charge on any atom is 0.315 e. The third kappa shape index (κ3) is 4.79. The summed E-state index contributed by atoms with van der Waals surface area (Å²) in [5.41, 5.74) is 7.15. The summed E-state index contributed by atoms with van der Waals surface area (Å²) in [7, 11) is -3.21. The Hall–Kier alpha value is -2.41. The first-order valence-electron chi connectivity index (χ1n) is 7.34. The van der Waals surface area contributed by atoms with Crippen LogP contribution < -0.4 is 5.73 Å². The van der Waals surface area contributed by atoms with Crippen LogP contribution in [0.15, 0.2) is 53.4 Å². The number of fused-ring (bicyclic) bond motifs is 1. The Labute approximate surface area is 142 Å². The van der Waals surface area contributed by atoms with Crippen LogP contribution in [0.3, 0.4) is 0 Å². The molecule has 130 valence electrons. The van der Waals surface area contributed by atoms with Crippen LogP contribution >= 0.6 is 0 Å². The molecule has 1 aliphatic rings. The number of benzene rings is 2. The van der Waals surface area contributed by atoms with Gasteiger partial charge in [0.25, 0.3) is 0 Å². The molecule has 2 aromatic rings. The number of carbonyl (C=O) groups excluding carboxylic acids is 1. The van der Waals surface area contributed by atoms with Crippen LogP contribution in [0.1, 0.15) is 12.6 Å². The molecule has 0 unspecified atom stereocenters. The highest BCUT2D eigenvalue weighted by molar-refractivity contribution is 7.90. The molecule has 2 N–H and O–H groups in total. The third-order valence-corrected chi connectivity index (χ3v) is 4.77. The lowest BCUT2D eigenvalue weighted by atomic mass is 10.0. The molecule has 0 aromatic heterocycles. The van der Waals surface area contributed by atoms with Gasteiger partial charge in [-0.1, -0.05) is 24.3 Å². The SMILES string of the molecule is CS(=O)(=O)c1ccc2c(c1)CN(C(N)=O)CC2.Fc1ccccc1.[HH]. The number of nitrogens with two attached hydrogens (primary N) is 1. The molecule has 1 aliphatic heterocycles. The van der Waals surface area contributed by atoms with Crippen molar-refractivity contribution < 1.29 is 19.0 Å². The largest absolute Gasteiger partial charge is 0.351 e. The van der Waals surface area contributed by atoms with Gasteiger partial charge in [0.05, 0.1) is 4.90 Å². The van der Waals surface area contributed by atoms with Crippen molar-refractivity contribution in [2.45, 2.75) is 17.9 Å². The van der Waals surface area contributed by atoms with Gasteiger partial charge in [-0.3, -0.25) is 0 Å². The molecule has 0 radical (unpaired) electrons. The Balaban J connectivity index is 0.000000330. The van der Waals surface area contributed by atoms with Crippen LogP contribution in [0.2, 0.25) is 0 Å². The summed E-state index contributed by atoms with van der Waals surface area (Å²) in [6.45, 7) is 0.967. The number of nitrogens with zero attached hydrogens (tertiary/aromatic N) is 1. The highest BCUT2D eigenvalue weighted by Crippen LogP contribution is 2.22. The predicted octanol–water partition coefficient (Wildman–Crippen LogP) is 2.60. The number of hydrogen-bond donors (Lipinski definition) is 1. The van der Waals surface area contributed by atoms with E-state index in [1.54, 1.807) is 30.3 Å². The Morgan fingerprint density at radius 1 is 1.17 bits per heavy atom. The van der Waals surface area contributed by atoms with Gasteiger partial charge in [-0.2, -0.15) is 0 Å². The second-order valence-electron chi connectivity index (χ2n) is 5.51. The Morgan fingerprint density at radius 3 is 2.33 bits per heavy atom. The maximum atomic E-state index is 11.9. The van der Waals surface area contributed by atoms with Crippen molar-refractivity contribution in [3.63, 3.8) is 0 Å². The molecule has 0 aliphatic carbocycles. The topological polar surface area (TPSA) is 80.5 Å². The molecule has 24 heavy (non-hydrogen) atoms. The molecule has 0 bridgehead atoms. The summed E-state index contributed by atoms with van der Waals surface area (Å²) < 4.78 is 34.8. The first-order chi connectivity index (χ1) is 11.3. The van der Waals surface area contributed by atoms with Crippen LogP contribution in [-0.2, 0) is 22.8 Å². The number of urea groups is 1. The molecular formula is C17H21FN2O3S. The lowest BCUT2D eigenvalue weighted by Gasteiger charge is -2.27. The Kier molecular flexibility index (Phi) is 5.56. The maximum absolute atomic E-state index is 11.9. The van der Waals surface area contributed by atoms with Crippen molar-refractivity contribution in [3.05, 3.63) is 65.5 Å². The van der Waals surface area contributed by atoms with Crippen molar-refractivity contribution in [1.29, 1.82) is 0 Å². The molecule has 7 heteroatoms. The zero-order chi connectivity index (χ0) is 17.7. The molecule has 0 atom stereocenters. The van der Waals surface area contributed by atoms with E-state index in [0.717, 1.165) is 11.1 Å². The van der Waals surface area contributed by atoms with E-state index in [2.05, 4.69) is 0 Å². The molecule has 0 spiro atoms. The lowest BCUT2D eigenvalue weighted by molar-refractivity contribution is 0.202. The van der Waals surface area contributed by atoms with Gasteiger partial charge in [0.1, 0.15) is 5.82 Å². The second kappa shape index (κ2) is 7.44. The molecule has 0 fully saturated rings. The summed E-state index contributed by atoms with van der Waals surface area (Å²) in [6, 6.07) is 12.5. The van der Waals surface area contributed by atoms with Gasteiger partial charge in [-0.25, -0.2) is 17.6 Å². The fraction of sp³-hybridized carbons (Fsp3) is 0.235. The molecule has 3 rings (SSSR count).